The Morgan fingerprint density at radius 3 is 2.84 bits per heavy atom. The maximum atomic E-state index is 6.16. The normalized spacial score (nSPS) is 12.4. The van der Waals surface area contributed by atoms with Crippen LogP contribution in [0, 0.1) is 0 Å². The summed E-state index contributed by atoms with van der Waals surface area (Å²) >= 11 is 6.16. The number of hydrogen-bond donors (Lipinski definition) is 1. The summed E-state index contributed by atoms with van der Waals surface area (Å²) in [6.45, 7) is 2.19. The molecule has 1 atom stereocenters. The van der Waals surface area contributed by atoms with E-state index in [4.69, 9.17) is 22.1 Å². The standard InChI is InChI=1S/C12H16ClN5O/c1-8(14)5-9-3-4-11(10(13)6-9)19-7-12-15-17-18(2)16-12/h3-4,6,8H,5,7,14H2,1-2H3. The maximum absolute atomic E-state index is 6.16. The molecule has 0 amide bonds. The first-order valence-corrected chi connectivity index (χ1v) is 6.32. The van der Waals surface area contributed by atoms with E-state index in [1.54, 1.807) is 7.05 Å². The van der Waals surface area contributed by atoms with Crippen molar-refractivity contribution in [2.75, 3.05) is 0 Å². The highest BCUT2D eigenvalue weighted by atomic mass is 35.5. The van der Waals surface area contributed by atoms with Crippen molar-refractivity contribution in [2.24, 2.45) is 12.8 Å². The Hall–Kier alpha value is -1.66. The van der Waals surface area contributed by atoms with Crippen molar-refractivity contribution in [3.05, 3.63) is 34.6 Å². The second-order valence-electron chi connectivity index (χ2n) is 4.43. The maximum Gasteiger partial charge on any atom is 0.212 e. The Balaban J connectivity index is 2.00. The molecular formula is C12H16ClN5O. The van der Waals surface area contributed by atoms with Gasteiger partial charge in [-0.25, -0.2) is 0 Å². The van der Waals surface area contributed by atoms with E-state index in [0.717, 1.165) is 12.0 Å². The molecule has 1 unspecified atom stereocenters. The molecule has 2 N–H and O–H groups in total. The van der Waals surface area contributed by atoms with Crippen LogP contribution in [0.5, 0.6) is 5.75 Å². The fourth-order valence-electron chi connectivity index (χ4n) is 1.68. The van der Waals surface area contributed by atoms with Gasteiger partial charge in [-0.15, -0.1) is 10.2 Å². The predicted molar refractivity (Wildman–Crippen MR) is 71.9 cm³/mol. The summed E-state index contributed by atoms with van der Waals surface area (Å²) in [5.74, 6) is 1.11. The molecule has 0 saturated heterocycles. The zero-order valence-electron chi connectivity index (χ0n) is 10.9. The van der Waals surface area contributed by atoms with Gasteiger partial charge in [-0.1, -0.05) is 17.7 Å². The Morgan fingerprint density at radius 2 is 2.26 bits per heavy atom. The van der Waals surface area contributed by atoms with Crippen molar-refractivity contribution in [3.8, 4) is 5.75 Å². The van der Waals surface area contributed by atoms with Crippen LogP contribution in [0.15, 0.2) is 18.2 Å². The summed E-state index contributed by atoms with van der Waals surface area (Å²) in [4.78, 5) is 1.38. The van der Waals surface area contributed by atoms with Crippen LogP contribution in [0.4, 0.5) is 0 Å². The molecule has 0 aliphatic heterocycles. The van der Waals surface area contributed by atoms with Crippen molar-refractivity contribution in [1.29, 1.82) is 0 Å². The van der Waals surface area contributed by atoms with Crippen LogP contribution in [-0.2, 0) is 20.1 Å². The number of hydrogen-bond acceptors (Lipinski definition) is 5. The lowest BCUT2D eigenvalue weighted by atomic mass is 10.1. The van der Waals surface area contributed by atoms with Gasteiger partial charge in [0.05, 0.1) is 12.1 Å². The molecule has 0 aliphatic carbocycles. The fraction of sp³-hybridized carbons (Fsp3) is 0.417. The summed E-state index contributed by atoms with van der Waals surface area (Å²) in [6, 6.07) is 5.75. The highest BCUT2D eigenvalue weighted by Crippen LogP contribution is 2.26. The van der Waals surface area contributed by atoms with Crippen LogP contribution in [-0.4, -0.2) is 26.2 Å². The lowest BCUT2D eigenvalue weighted by molar-refractivity contribution is 0.295. The van der Waals surface area contributed by atoms with Gasteiger partial charge in [0.15, 0.2) is 6.61 Å². The molecule has 1 aromatic carbocycles. The first kappa shape index (κ1) is 13.8. The van der Waals surface area contributed by atoms with Crippen molar-refractivity contribution in [1.82, 2.24) is 20.2 Å². The van der Waals surface area contributed by atoms with Crippen LogP contribution < -0.4 is 10.5 Å². The summed E-state index contributed by atoms with van der Waals surface area (Å²) in [7, 11) is 1.70. The third-order valence-corrected chi connectivity index (χ3v) is 2.76. The van der Waals surface area contributed by atoms with Crippen LogP contribution >= 0.6 is 11.6 Å². The molecule has 7 heteroatoms. The molecule has 0 aliphatic rings. The Bertz CT molecular complexity index is 555. The lowest BCUT2D eigenvalue weighted by Crippen LogP contribution is -2.17. The zero-order valence-corrected chi connectivity index (χ0v) is 11.6. The minimum Gasteiger partial charge on any atom is -0.484 e. The monoisotopic (exact) mass is 281 g/mol. The first-order chi connectivity index (χ1) is 9.04. The minimum atomic E-state index is 0.103. The Labute approximate surface area is 116 Å². The van der Waals surface area contributed by atoms with Crippen LogP contribution in [0.2, 0.25) is 5.02 Å². The van der Waals surface area contributed by atoms with E-state index in [0.29, 0.717) is 16.6 Å². The highest BCUT2D eigenvalue weighted by Gasteiger charge is 2.07. The lowest BCUT2D eigenvalue weighted by Gasteiger charge is -2.09. The number of aryl methyl sites for hydroxylation is 1. The largest absolute Gasteiger partial charge is 0.484 e. The van der Waals surface area contributed by atoms with E-state index in [1.807, 2.05) is 25.1 Å². The van der Waals surface area contributed by atoms with E-state index in [2.05, 4.69) is 15.4 Å². The highest BCUT2D eigenvalue weighted by molar-refractivity contribution is 6.32. The molecule has 19 heavy (non-hydrogen) atoms. The van der Waals surface area contributed by atoms with Gasteiger partial charge in [0, 0.05) is 6.04 Å². The van der Waals surface area contributed by atoms with Gasteiger partial charge < -0.3 is 10.5 Å². The Morgan fingerprint density at radius 1 is 1.47 bits per heavy atom. The van der Waals surface area contributed by atoms with Gasteiger partial charge in [-0.05, 0) is 36.3 Å². The molecular weight excluding hydrogens is 266 g/mol. The second-order valence-corrected chi connectivity index (χ2v) is 4.84. The molecule has 0 saturated carbocycles. The number of halogens is 1. The SMILES string of the molecule is CC(N)Cc1ccc(OCc2nnn(C)n2)c(Cl)c1. The zero-order chi connectivity index (χ0) is 13.8. The third-order valence-electron chi connectivity index (χ3n) is 2.46. The smallest absolute Gasteiger partial charge is 0.212 e. The number of aromatic nitrogens is 4. The minimum absolute atomic E-state index is 0.103. The molecule has 1 aromatic heterocycles. The summed E-state index contributed by atoms with van der Waals surface area (Å²) in [5.41, 5.74) is 6.84. The van der Waals surface area contributed by atoms with E-state index in [9.17, 15) is 0 Å². The summed E-state index contributed by atoms with van der Waals surface area (Å²) < 4.78 is 5.55. The van der Waals surface area contributed by atoms with E-state index in [1.165, 1.54) is 4.80 Å². The quantitative estimate of drug-likeness (QED) is 0.894. The first-order valence-electron chi connectivity index (χ1n) is 5.94. The summed E-state index contributed by atoms with van der Waals surface area (Å²) in [5, 5.41) is 12.1. The van der Waals surface area contributed by atoms with Gasteiger partial charge in [0.2, 0.25) is 5.82 Å². The van der Waals surface area contributed by atoms with Gasteiger partial charge in [0.1, 0.15) is 5.75 Å². The third kappa shape index (κ3) is 3.90. The molecule has 0 spiro atoms. The molecule has 0 bridgehead atoms. The fourth-order valence-corrected chi connectivity index (χ4v) is 1.94. The second kappa shape index (κ2) is 5.99. The molecule has 102 valence electrons. The molecule has 1 heterocycles. The molecule has 2 rings (SSSR count). The Kier molecular flexibility index (Phi) is 4.34. The summed E-state index contributed by atoms with van der Waals surface area (Å²) in [6.07, 6.45) is 0.783. The van der Waals surface area contributed by atoms with Gasteiger partial charge >= 0.3 is 0 Å². The average Bonchev–Trinajstić information content (AvgIpc) is 2.73. The molecule has 2 aromatic rings. The van der Waals surface area contributed by atoms with E-state index >= 15 is 0 Å². The number of nitrogens with zero attached hydrogens (tertiary/aromatic N) is 4. The van der Waals surface area contributed by atoms with Crippen molar-refractivity contribution >= 4 is 11.6 Å². The predicted octanol–water partition coefficient (Wildman–Crippen LogP) is 1.33. The van der Waals surface area contributed by atoms with Crippen molar-refractivity contribution in [3.63, 3.8) is 0 Å². The topological polar surface area (TPSA) is 78.9 Å². The number of rotatable bonds is 5. The molecule has 0 radical (unpaired) electrons. The number of nitrogens with two attached hydrogens (primary N) is 1. The van der Waals surface area contributed by atoms with Gasteiger partial charge in [0.25, 0.3) is 0 Å². The van der Waals surface area contributed by atoms with E-state index in [-0.39, 0.29) is 12.6 Å². The van der Waals surface area contributed by atoms with Crippen molar-refractivity contribution < 1.29 is 4.74 Å². The van der Waals surface area contributed by atoms with Crippen LogP contribution in [0.1, 0.15) is 18.3 Å². The number of ether oxygens (including phenoxy) is 1. The number of benzene rings is 1. The van der Waals surface area contributed by atoms with E-state index < -0.39 is 0 Å². The van der Waals surface area contributed by atoms with Crippen molar-refractivity contribution in [2.45, 2.75) is 26.0 Å². The molecule has 0 fully saturated rings. The van der Waals surface area contributed by atoms with Crippen LogP contribution in [0.3, 0.4) is 0 Å². The van der Waals surface area contributed by atoms with Gasteiger partial charge in [-0.3, -0.25) is 0 Å². The van der Waals surface area contributed by atoms with Crippen LogP contribution in [0.25, 0.3) is 0 Å². The average molecular weight is 282 g/mol. The van der Waals surface area contributed by atoms with Gasteiger partial charge in [-0.2, -0.15) is 4.80 Å². The number of tetrazole rings is 1. The molecule has 6 nitrogen and oxygen atoms in total.